The summed E-state index contributed by atoms with van der Waals surface area (Å²) in [5.41, 5.74) is 0.477. The van der Waals surface area contributed by atoms with E-state index in [0.717, 1.165) is 19.0 Å². The number of benzene rings is 1. The molecule has 3 nitrogen and oxygen atoms in total. The van der Waals surface area contributed by atoms with Crippen LogP contribution >= 0.6 is 46.9 Å². The molecule has 0 unspecified atom stereocenters. The van der Waals surface area contributed by atoms with Crippen molar-refractivity contribution in [2.75, 3.05) is 0 Å². The fraction of sp³-hybridized carbons (Fsp3) is 0. The van der Waals surface area contributed by atoms with Crippen molar-refractivity contribution in [3.63, 3.8) is 0 Å². The molecule has 0 spiro atoms. The fourth-order valence-electron chi connectivity index (χ4n) is 1.71. The van der Waals surface area contributed by atoms with E-state index in [-0.39, 0.29) is 5.91 Å². The number of carbonyl (C=O) groups excluding carboxylic acids is 1. The van der Waals surface area contributed by atoms with Crippen LogP contribution in [0.15, 0.2) is 51.2 Å². The van der Waals surface area contributed by atoms with Crippen LogP contribution in [0.25, 0.3) is 6.08 Å². The number of rotatable bonds is 3. The predicted octanol–water partition coefficient (Wildman–Crippen LogP) is 3.90. The van der Waals surface area contributed by atoms with Crippen molar-refractivity contribution < 1.29 is 4.79 Å². The molecule has 1 amide bonds. The minimum Gasteiger partial charge on any atom is -0.328 e. The van der Waals surface area contributed by atoms with Gasteiger partial charge in [-0.1, -0.05) is 23.4 Å². The van der Waals surface area contributed by atoms with E-state index in [9.17, 15) is 4.79 Å². The minimum absolute atomic E-state index is 0.194. The third-order valence-electron chi connectivity index (χ3n) is 2.64. The zero-order chi connectivity index (χ0) is 14.8. The summed E-state index contributed by atoms with van der Waals surface area (Å²) in [6.45, 7) is 0. The lowest BCUT2D eigenvalue weighted by Crippen LogP contribution is -2.21. The lowest BCUT2D eigenvalue weighted by Gasteiger charge is -1.97. The molecule has 0 saturated carbocycles. The molecular formula is C14H9ClN2OS3. The SMILES string of the molecule is O=C1NC(=S)NC1=Cc1ccc(Sc2ccc(Cl)cc2)s1. The van der Waals surface area contributed by atoms with Crippen molar-refractivity contribution in [3.05, 3.63) is 52.0 Å². The maximum Gasteiger partial charge on any atom is 0.273 e. The van der Waals surface area contributed by atoms with Crippen molar-refractivity contribution in [2.45, 2.75) is 9.10 Å². The van der Waals surface area contributed by atoms with E-state index in [2.05, 4.69) is 10.6 Å². The van der Waals surface area contributed by atoms with E-state index in [1.165, 1.54) is 0 Å². The first-order valence-corrected chi connectivity index (χ1v) is 8.39. The van der Waals surface area contributed by atoms with Gasteiger partial charge >= 0.3 is 0 Å². The van der Waals surface area contributed by atoms with E-state index < -0.39 is 0 Å². The Hall–Kier alpha value is -1.34. The molecule has 2 N–H and O–H groups in total. The summed E-state index contributed by atoms with van der Waals surface area (Å²) in [4.78, 5) is 13.7. The standard InChI is InChI=1S/C14H9ClN2OS3/c15-8-1-3-9(4-2-8)20-12-6-5-10(21-12)7-11-13(18)17-14(19)16-11/h1-7H,(H2,16,17,18,19). The second-order valence-electron chi connectivity index (χ2n) is 4.18. The summed E-state index contributed by atoms with van der Waals surface area (Å²) >= 11 is 14.0. The van der Waals surface area contributed by atoms with E-state index in [1.807, 2.05) is 36.4 Å². The largest absolute Gasteiger partial charge is 0.328 e. The number of thiophene rings is 1. The van der Waals surface area contributed by atoms with Crippen molar-refractivity contribution >= 4 is 64.0 Å². The molecule has 1 aromatic heterocycles. The molecule has 21 heavy (non-hydrogen) atoms. The van der Waals surface area contributed by atoms with Crippen LogP contribution in [0.1, 0.15) is 4.88 Å². The zero-order valence-electron chi connectivity index (χ0n) is 10.6. The lowest BCUT2D eigenvalue weighted by atomic mass is 10.3. The van der Waals surface area contributed by atoms with Crippen LogP contribution in [0.3, 0.4) is 0 Å². The van der Waals surface area contributed by atoms with Gasteiger partial charge in [0.05, 0.1) is 4.21 Å². The molecule has 0 radical (unpaired) electrons. The van der Waals surface area contributed by atoms with E-state index >= 15 is 0 Å². The number of hydrogen-bond acceptors (Lipinski definition) is 4. The molecule has 1 saturated heterocycles. The van der Waals surface area contributed by atoms with E-state index in [0.29, 0.717) is 10.8 Å². The molecule has 1 aromatic carbocycles. The van der Waals surface area contributed by atoms with Crippen LogP contribution in [0.2, 0.25) is 5.02 Å². The Morgan fingerprint density at radius 1 is 1.14 bits per heavy atom. The molecule has 1 aliphatic rings. The predicted molar refractivity (Wildman–Crippen MR) is 91.7 cm³/mol. The quantitative estimate of drug-likeness (QED) is 0.649. The van der Waals surface area contributed by atoms with Crippen LogP contribution < -0.4 is 10.6 Å². The number of hydrogen-bond donors (Lipinski definition) is 2. The molecule has 7 heteroatoms. The Balaban J connectivity index is 1.74. The van der Waals surface area contributed by atoms with Crippen molar-refractivity contribution in [1.29, 1.82) is 0 Å². The minimum atomic E-state index is -0.194. The van der Waals surface area contributed by atoms with Gasteiger partial charge in [0.2, 0.25) is 0 Å². The molecular weight excluding hydrogens is 344 g/mol. The van der Waals surface area contributed by atoms with Gasteiger partial charge in [0.15, 0.2) is 5.11 Å². The van der Waals surface area contributed by atoms with Crippen LogP contribution in [0, 0.1) is 0 Å². The molecule has 2 aromatic rings. The van der Waals surface area contributed by atoms with Gasteiger partial charge in [-0.3, -0.25) is 10.1 Å². The van der Waals surface area contributed by atoms with Gasteiger partial charge in [0, 0.05) is 14.8 Å². The van der Waals surface area contributed by atoms with Gasteiger partial charge in [-0.25, -0.2) is 0 Å². The third-order valence-corrected chi connectivity index (χ3v) is 5.27. The molecule has 0 atom stereocenters. The highest BCUT2D eigenvalue weighted by Crippen LogP contribution is 2.34. The number of carbonyl (C=O) groups is 1. The lowest BCUT2D eigenvalue weighted by molar-refractivity contribution is -0.115. The maximum atomic E-state index is 11.6. The first kappa shape index (κ1) is 14.6. The molecule has 0 bridgehead atoms. The highest BCUT2D eigenvalue weighted by molar-refractivity contribution is 8.01. The Bertz CT molecular complexity index is 737. The summed E-state index contributed by atoms with van der Waals surface area (Å²) in [5, 5.41) is 6.45. The zero-order valence-corrected chi connectivity index (χ0v) is 13.8. The van der Waals surface area contributed by atoms with Gasteiger partial charge in [0.1, 0.15) is 5.70 Å². The molecule has 0 aliphatic carbocycles. The molecule has 1 aliphatic heterocycles. The fourth-order valence-corrected chi connectivity index (χ4v) is 4.10. The summed E-state index contributed by atoms with van der Waals surface area (Å²) < 4.78 is 1.14. The third kappa shape index (κ3) is 3.65. The Morgan fingerprint density at radius 2 is 1.90 bits per heavy atom. The summed E-state index contributed by atoms with van der Waals surface area (Å²) in [7, 11) is 0. The topological polar surface area (TPSA) is 41.1 Å². The number of thiocarbonyl (C=S) groups is 1. The Kier molecular flexibility index (Phi) is 4.30. The van der Waals surface area contributed by atoms with Crippen molar-refractivity contribution in [1.82, 2.24) is 10.6 Å². The molecule has 3 rings (SSSR count). The first-order valence-electron chi connectivity index (χ1n) is 5.97. The van der Waals surface area contributed by atoms with Crippen LogP contribution in [0.5, 0.6) is 0 Å². The molecule has 2 heterocycles. The van der Waals surface area contributed by atoms with Gasteiger partial charge < -0.3 is 5.32 Å². The van der Waals surface area contributed by atoms with Gasteiger partial charge in [-0.2, -0.15) is 0 Å². The maximum absolute atomic E-state index is 11.6. The highest BCUT2D eigenvalue weighted by Gasteiger charge is 2.20. The highest BCUT2D eigenvalue weighted by atomic mass is 35.5. The average molecular weight is 353 g/mol. The molecule has 106 valence electrons. The second kappa shape index (κ2) is 6.19. The van der Waals surface area contributed by atoms with Crippen molar-refractivity contribution in [2.24, 2.45) is 0 Å². The summed E-state index contributed by atoms with van der Waals surface area (Å²) in [6, 6.07) is 11.7. The smallest absolute Gasteiger partial charge is 0.273 e. The monoisotopic (exact) mass is 352 g/mol. The van der Waals surface area contributed by atoms with Gasteiger partial charge in [-0.15, -0.1) is 11.3 Å². The second-order valence-corrected chi connectivity index (χ2v) is 7.51. The van der Waals surface area contributed by atoms with Gasteiger partial charge in [0.25, 0.3) is 5.91 Å². The van der Waals surface area contributed by atoms with Gasteiger partial charge in [-0.05, 0) is 54.7 Å². The normalized spacial score (nSPS) is 16.1. The number of nitrogens with one attached hydrogen (secondary N) is 2. The Morgan fingerprint density at radius 3 is 2.57 bits per heavy atom. The van der Waals surface area contributed by atoms with E-state index in [1.54, 1.807) is 29.2 Å². The first-order chi connectivity index (χ1) is 10.1. The van der Waals surface area contributed by atoms with Crippen LogP contribution in [-0.4, -0.2) is 11.0 Å². The van der Waals surface area contributed by atoms with Crippen LogP contribution in [-0.2, 0) is 4.79 Å². The van der Waals surface area contributed by atoms with E-state index in [4.69, 9.17) is 23.8 Å². The summed E-state index contributed by atoms with van der Waals surface area (Å²) in [5.74, 6) is -0.194. The number of amides is 1. The Labute approximate surface area is 140 Å². The molecule has 1 fully saturated rings. The number of halogens is 1. The van der Waals surface area contributed by atoms with Crippen molar-refractivity contribution in [3.8, 4) is 0 Å². The van der Waals surface area contributed by atoms with Crippen LogP contribution in [0.4, 0.5) is 0 Å². The average Bonchev–Trinajstić information content (AvgIpc) is 3.00. The summed E-state index contributed by atoms with van der Waals surface area (Å²) in [6.07, 6.45) is 1.80.